The van der Waals surface area contributed by atoms with Crippen LogP contribution in [-0.4, -0.2) is 18.2 Å². The first-order chi connectivity index (χ1) is 6.82. The number of ether oxygens (including phenoxy) is 1. The maximum Gasteiger partial charge on any atom is 0.415 e. The highest BCUT2D eigenvalue weighted by Gasteiger charge is 2.20. The molecule has 0 aromatic carbocycles. The molecule has 0 aromatic rings. The van der Waals surface area contributed by atoms with E-state index in [1.54, 1.807) is 0 Å². The fourth-order valence-electron chi connectivity index (χ4n) is 1.19. The molecule has 1 unspecified atom stereocenters. The lowest BCUT2D eigenvalue weighted by atomic mass is 9.97. The number of carbonyl (C=O) groups is 2. The average molecular weight is 216 g/mol. The van der Waals surface area contributed by atoms with Gasteiger partial charge in [-0.15, -0.1) is 0 Å². The largest absolute Gasteiger partial charge is 0.446 e. The lowest BCUT2D eigenvalue weighted by molar-refractivity contribution is 0.0601. The zero-order valence-corrected chi connectivity index (χ0v) is 9.74. The van der Waals surface area contributed by atoms with Gasteiger partial charge in [0.1, 0.15) is 6.10 Å². The van der Waals surface area contributed by atoms with Gasteiger partial charge in [0.25, 0.3) is 0 Å². The number of carbonyl (C=O) groups excluding carboxylic acids is 2. The minimum atomic E-state index is -0.896. The SMILES string of the molecule is CC(C)CC(OC(=O)NC(N)=O)C(C)C. The summed E-state index contributed by atoms with van der Waals surface area (Å²) in [4.78, 5) is 21.5. The molecule has 0 rings (SSSR count). The summed E-state index contributed by atoms with van der Waals surface area (Å²) in [6.07, 6.45) is -0.199. The topological polar surface area (TPSA) is 81.4 Å². The smallest absolute Gasteiger partial charge is 0.415 e. The molecule has 88 valence electrons. The Morgan fingerprint density at radius 3 is 2.13 bits per heavy atom. The van der Waals surface area contributed by atoms with Crippen LogP contribution in [0.1, 0.15) is 34.1 Å². The van der Waals surface area contributed by atoms with Crippen molar-refractivity contribution < 1.29 is 14.3 Å². The Kier molecular flexibility index (Phi) is 5.74. The second-order valence-corrected chi connectivity index (χ2v) is 4.31. The second-order valence-electron chi connectivity index (χ2n) is 4.31. The highest BCUT2D eigenvalue weighted by molar-refractivity contribution is 5.89. The summed E-state index contributed by atoms with van der Waals surface area (Å²) in [6, 6.07) is -0.896. The quantitative estimate of drug-likeness (QED) is 0.752. The third-order valence-corrected chi connectivity index (χ3v) is 1.93. The van der Waals surface area contributed by atoms with Gasteiger partial charge in [-0.25, -0.2) is 14.9 Å². The van der Waals surface area contributed by atoms with Crippen LogP contribution in [0.3, 0.4) is 0 Å². The van der Waals surface area contributed by atoms with Crippen molar-refractivity contribution in [3.05, 3.63) is 0 Å². The molecule has 0 radical (unpaired) electrons. The second kappa shape index (κ2) is 6.27. The molecule has 0 fully saturated rings. The number of urea groups is 1. The summed E-state index contributed by atoms with van der Waals surface area (Å²) in [5, 5.41) is 1.88. The zero-order valence-electron chi connectivity index (χ0n) is 9.74. The number of nitrogens with one attached hydrogen (secondary N) is 1. The van der Waals surface area contributed by atoms with Crippen LogP contribution in [0, 0.1) is 11.8 Å². The van der Waals surface area contributed by atoms with Gasteiger partial charge >= 0.3 is 12.1 Å². The molecule has 0 heterocycles. The molecule has 0 bridgehead atoms. The number of primary amides is 1. The maximum atomic E-state index is 11.1. The molecule has 0 aliphatic rings. The minimum absolute atomic E-state index is 0.190. The van der Waals surface area contributed by atoms with Crippen LogP contribution in [0.5, 0.6) is 0 Å². The van der Waals surface area contributed by atoms with E-state index in [1.165, 1.54) is 0 Å². The first kappa shape index (κ1) is 13.7. The van der Waals surface area contributed by atoms with Gasteiger partial charge in [0, 0.05) is 0 Å². The Hall–Kier alpha value is -1.26. The highest BCUT2D eigenvalue weighted by atomic mass is 16.6. The lowest BCUT2D eigenvalue weighted by Gasteiger charge is -2.22. The molecule has 0 spiro atoms. The van der Waals surface area contributed by atoms with Gasteiger partial charge in [-0.3, -0.25) is 0 Å². The van der Waals surface area contributed by atoms with Gasteiger partial charge in [0.2, 0.25) is 0 Å². The summed E-state index contributed by atoms with van der Waals surface area (Å²) in [5.41, 5.74) is 4.80. The van der Waals surface area contributed by atoms with Gasteiger partial charge in [0.15, 0.2) is 0 Å². The third kappa shape index (κ3) is 6.76. The van der Waals surface area contributed by atoms with Crippen LogP contribution in [0.25, 0.3) is 0 Å². The van der Waals surface area contributed by atoms with Crippen LogP contribution >= 0.6 is 0 Å². The molecule has 0 saturated carbocycles. The Morgan fingerprint density at radius 1 is 1.27 bits per heavy atom. The predicted molar refractivity (Wildman–Crippen MR) is 57.3 cm³/mol. The summed E-state index contributed by atoms with van der Waals surface area (Å²) in [5.74, 6) is 0.643. The maximum absolute atomic E-state index is 11.1. The molecular weight excluding hydrogens is 196 g/mol. The molecule has 1 atom stereocenters. The van der Waals surface area contributed by atoms with Gasteiger partial charge < -0.3 is 10.5 Å². The van der Waals surface area contributed by atoms with Crippen molar-refractivity contribution in [1.82, 2.24) is 5.32 Å². The van der Waals surface area contributed by atoms with E-state index in [9.17, 15) is 9.59 Å². The van der Waals surface area contributed by atoms with Crippen LogP contribution in [0.2, 0.25) is 0 Å². The number of imide groups is 1. The Balaban J connectivity index is 4.16. The number of hydrogen-bond donors (Lipinski definition) is 2. The Bertz CT molecular complexity index is 227. The fraction of sp³-hybridized carbons (Fsp3) is 0.800. The Morgan fingerprint density at radius 2 is 1.80 bits per heavy atom. The first-order valence-electron chi connectivity index (χ1n) is 5.10. The van der Waals surface area contributed by atoms with E-state index in [0.717, 1.165) is 6.42 Å². The summed E-state index contributed by atoms with van der Waals surface area (Å²) in [7, 11) is 0. The molecular formula is C10H20N2O3. The van der Waals surface area contributed by atoms with Crippen LogP contribution < -0.4 is 11.1 Å². The number of rotatable bonds is 4. The van der Waals surface area contributed by atoms with Gasteiger partial charge in [0.05, 0.1) is 0 Å². The third-order valence-electron chi connectivity index (χ3n) is 1.93. The van der Waals surface area contributed by atoms with Crippen molar-refractivity contribution in [2.45, 2.75) is 40.2 Å². The van der Waals surface area contributed by atoms with Crippen molar-refractivity contribution in [2.24, 2.45) is 17.6 Å². The van der Waals surface area contributed by atoms with Crippen molar-refractivity contribution >= 4 is 12.1 Å². The highest BCUT2D eigenvalue weighted by Crippen LogP contribution is 2.16. The van der Waals surface area contributed by atoms with E-state index in [4.69, 9.17) is 10.5 Å². The summed E-state index contributed by atoms with van der Waals surface area (Å²) >= 11 is 0. The van der Waals surface area contributed by atoms with Gasteiger partial charge in [-0.2, -0.15) is 0 Å². The molecule has 3 N–H and O–H groups in total. The van der Waals surface area contributed by atoms with E-state index in [2.05, 4.69) is 0 Å². The zero-order chi connectivity index (χ0) is 12.0. The Labute approximate surface area is 90.4 Å². The van der Waals surface area contributed by atoms with Crippen molar-refractivity contribution in [1.29, 1.82) is 0 Å². The monoisotopic (exact) mass is 216 g/mol. The van der Waals surface area contributed by atoms with E-state index in [0.29, 0.717) is 5.92 Å². The number of alkyl carbamates (subject to hydrolysis) is 1. The van der Waals surface area contributed by atoms with Gasteiger partial charge in [-0.1, -0.05) is 27.7 Å². The number of amides is 3. The van der Waals surface area contributed by atoms with E-state index < -0.39 is 12.1 Å². The van der Waals surface area contributed by atoms with E-state index >= 15 is 0 Å². The van der Waals surface area contributed by atoms with Crippen LogP contribution in [0.15, 0.2) is 0 Å². The average Bonchev–Trinajstić information content (AvgIpc) is 1.99. The fourth-order valence-corrected chi connectivity index (χ4v) is 1.19. The van der Waals surface area contributed by atoms with Crippen molar-refractivity contribution in [3.8, 4) is 0 Å². The van der Waals surface area contributed by atoms with Gasteiger partial charge in [-0.05, 0) is 18.3 Å². The van der Waals surface area contributed by atoms with E-state index in [-0.39, 0.29) is 12.0 Å². The molecule has 3 amide bonds. The molecule has 5 nitrogen and oxygen atoms in total. The molecule has 0 aliphatic carbocycles. The number of nitrogens with two attached hydrogens (primary N) is 1. The molecule has 0 aromatic heterocycles. The summed E-state index contributed by atoms with van der Waals surface area (Å²) < 4.78 is 5.08. The normalized spacial score (nSPS) is 12.7. The summed E-state index contributed by atoms with van der Waals surface area (Å²) in [6.45, 7) is 8.02. The number of hydrogen-bond acceptors (Lipinski definition) is 3. The van der Waals surface area contributed by atoms with Crippen molar-refractivity contribution in [3.63, 3.8) is 0 Å². The molecule has 0 aliphatic heterocycles. The molecule has 15 heavy (non-hydrogen) atoms. The molecule has 0 saturated heterocycles. The van der Waals surface area contributed by atoms with Crippen LogP contribution in [0.4, 0.5) is 9.59 Å². The standard InChI is InChI=1S/C10H20N2O3/c1-6(2)5-8(7(3)4)15-10(14)12-9(11)13/h6-8H,5H2,1-4H3,(H3,11,12,13,14). The van der Waals surface area contributed by atoms with Crippen LogP contribution in [-0.2, 0) is 4.74 Å². The predicted octanol–water partition coefficient (Wildman–Crippen LogP) is 1.86. The van der Waals surface area contributed by atoms with Crippen molar-refractivity contribution in [2.75, 3.05) is 0 Å². The first-order valence-corrected chi connectivity index (χ1v) is 5.10. The van der Waals surface area contributed by atoms with E-state index in [1.807, 2.05) is 33.0 Å². The minimum Gasteiger partial charge on any atom is -0.446 e. The lowest BCUT2D eigenvalue weighted by Crippen LogP contribution is -2.38. The molecule has 5 heteroatoms.